The fraction of sp³-hybridized carbons (Fsp3) is 0.333. The summed E-state index contributed by atoms with van der Waals surface area (Å²) >= 11 is 12.2. The summed E-state index contributed by atoms with van der Waals surface area (Å²) in [5.74, 6) is -0.180. The van der Waals surface area contributed by atoms with Gasteiger partial charge in [0, 0.05) is 48.5 Å². The quantitative estimate of drug-likeness (QED) is 0.419. The van der Waals surface area contributed by atoms with Crippen molar-refractivity contribution in [3.8, 4) is 5.75 Å². The van der Waals surface area contributed by atoms with E-state index in [1.807, 2.05) is 12.1 Å². The van der Waals surface area contributed by atoms with Gasteiger partial charge in [-0.2, -0.15) is 4.31 Å². The van der Waals surface area contributed by atoms with E-state index in [1.165, 1.54) is 29.6 Å². The lowest BCUT2D eigenvalue weighted by atomic mass is 9.99. The maximum atomic E-state index is 13.1. The van der Waals surface area contributed by atoms with Crippen LogP contribution in [0.5, 0.6) is 5.75 Å². The number of benzene rings is 2. The molecule has 8 nitrogen and oxygen atoms in total. The number of piperidine rings is 1. The molecule has 1 aliphatic heterocycles. The summed E-state index contributed by atoms with van der Waals surface area (Å²) in [7, 11) is -2.31. The highest BCUT2D eigenvalue weighted by molar-refractivity contribution is 7.89. The molecule has 1 saturated heterocycles. The van der Waals surface area contributed by atoms with Crippen molar-refractivity contribution in [2.24, 2.45) is 5.92 Å². The molecule has 0 unspecified atom stereocenters. The zero-order valence-corrected chi connectivity index (χ0v) is 21.5. The third-order valence-electron chi connectivity index (χ3n) is 5.96. The van der Waals surface area contributed by atoms with Crippen LogP contribution in [0.3, 0.4) is 0 Å². The van der Waals surface area contributed by atoms with E-state index < -0.39 is 15.9 Å². The Morgan fingerprint density at radius 3 is 2.77 bits per heavy atom. The SMILES string of the molecule is COc1ccc(S(=O)(=O)N2CCC[C@H](C(=O)NCCNc3ccnc4cc(Cl)ccc34)C2)cc1Cl. The van der Waals surface area contributed by atoms with E-state index in [2.05, 4.69) is 15.6 Å². The smallest absolute Gasteiger partial charge is 0.243 e. The minimum absolute atomic E-state index is 0.0828. The van der Waals surface area contributed by atoms with Crippen LogP contribution < -0.4 is 15.4 Å². The number of rotatable bonds is 8. The molecule has 0 aliphatic carbocycles. The van der Waals surface area contributed by atoms with Crippen molar-refractivity contribution in [1.82, 2.24) is 14.6 Å². The maximum absolute atomic E-state index is 13.1. The highest BCUT2D eigenvalue weighted by Crippen LogP contribution is 2.30. The van der Waals surface area contributed by atoms with E-state index in [0.717, 1.165) is 16.6 Å². The second-order valence-corrected chi connectivity index (χ2v) is 11.0. The normalized spacial score (nSPS) is 16.7. The van der Waals surface area contributed by atoms with E-state index >= 15 is 0 Å². The van der Waals surface area contributed by atoms with Crippen molar-refractivity contribution < 1.29 is 17.9 Å². The fourth-order valence-corrected chi connectivity index (χ4v) is 6.17. The van der Waals surface area contributed by atoms with Gasteiger partial charge in [0.05, 0.1) is 28.5 Å². The first kappa shape index (κ1) is 25.5. The summed E-state index contributed by atoms with van der Waals surface area (Å²) in [6, 6.07) is 11.7. The number of aromatic nitrogens is 1. The predicted octanol–water partition coefficient (Wildman–Crippen LogP) is 4.18. The highest BCUT2D eigenvalue weighted by Gasteiger charge is 2.33. The van der Waals surface area contributed by atoms with Crippen LogP contribution in [0.4, 0.5) is 5.69 Å². The monoisotopic (exact) mass is 536 g/mol. The van der Waals surface area contributed by atoms with Crippen molar-refractivity contribution in [3.63, 3.8) is 0 Å². The second kappa shape index (κ2) is 11.0. The molecule has 186 valence electrons. The number of carbonyl (C=O) groups excluding carboxylic acids is 1. The molecule has 3 aromatic rings. The summed E-state index contributed by atoms with van der Waals surface area (Å²) in [5, 5.41) is 8.00. The first-order valence-electron chi connectivity index (χ1n) is 11.2. The number of pyridine rings is 1. The van der Waals surface area contributed by atoms with E-state index in [-0.39, 0.29) is 22.4 Å². The molecule has 1 fully saturated rings. The Hall–Kier alpha value is -2.59. The largest absolute Gasteiger partial charge is 0.495 e. The first-order valence-corrected chi connectivity index (χ1v) is 13.4. The van der Waals surface area contributed by atoms with Gasteiger partial charge in [0.2, 0.25) is 15.9 Å². The summed E-state index contributed by atoms with van der Waals surface area (Å²) in [6.45, 7) is 1.39. The molecule has 2 aromatic carbocycles. The molecule has 0 radical (unpaired) electrons. The van der Waals surface area contributed by atoms with Crippen LogP contribution in [-0.2, 0) is 14.8 Å². The highest BCUT2D eigenvalue weighted by atomic mass is 35.5. The van der Waals surface area contributed by atoms with Gasteiger partial charge in [0.15, 0.2) is 0 Å². The summed E-state index contributed by atoms with van der Waals surface area (Å²) in [5.41, 5.74) is 1.68. The van der Waals surface area contributed by atoms with Crippen molar-refractivity contribution >= 4 is 55.7 Å². The van der Waals surface area contributed by atoms with Crippen LogP contribution in [0.25, 0.3) is 10.9 Å². The number of nitrogens with one attached hydrogen (secondary N) is 2. The fourth-order valence-electron chi connectivity index (χ4n) is 4.13. The van der Waals surface area contributed by atoms with Gasteiger partial charge in [0.1, 0.15) is 5.75 Å². The molecule has 0 bridgehead atoms. The van der Waals surface area contributed by atoms with Gasteiger partial charge in [0.25, 0.3) is 0 Å². The van der Waals surface area contributed by atoms with Gasteiger partial charge >= 0.3 is 0 Å². The van der Waals surface area contributed by atoms with Crippen molar-refractivity contribution in [3.05, 3.63) is 58.7 Å². The molecule has 11 heteroatoms. The lowest BCUT2D eigenvalue weighted by molar-refractivity contribution is -0.125. The van der Waals surface area contributed by atoms with Crippen LogP contribution in [-0.4, -0.2) is 56.9 Å². The molecule has 1 amide bonds. The summed E-state index contributed by atoms with van der Waals surface area (Å²) in [4.78, 5) is 17.2. The van der Waals surface area contributed by atoms with Crippen LogP contribution in [0.15, 0.2) is 53.6 Å². The molecule has 1 atom stereocenters. The van der Waals surface area contributed by atoms with Gasteiger partial charge in [-0.15, -0.1) is 0 Å². The zero-order chi connectivity index (χ0) is 25.0. The minimum atomic E-state index is -3.78. The average molecular weight is 537 g/mol. The van der Waals surface area contributed by atoms with Gasteiger partial charge in [-0.05, 0) is 55.3 Å². The second-order valence-electron chi connectivity index (χ2n) is 8.24. The Labute approximate surface area is 214 Å². The standard InChI is InChI=1S/C24H26Cl2N4O4S/c1-34-23-7-5-18(14-20(23)26)35(32,33)30-12-2-3-16(15-30)24(31)29-11-10-28-21-8-9-27-22-13-17(25)4-6-19(21)22/h4-9,13-14,16H,2-3,10-12,15H2,1H3,(H,27,28)(H,29,31)/t16-/m0/s1. The Morgan fingerprint density at radius 2 is 2.00 bits per heavy atom. The molecule has 0 spiro atoms. The van der Waals surface area contributed by atoms with Crippen LogP contribution in [0.1, 0.15) is 12.8 Å². The van der Waals surface area contributed by atoms with Crippen molar-refractivity contribution in [2.45, 2.75) is 17.7 Å². The first-order chi connectivity index (χ1) is 16.8. The topological polar surface area (TPSA) is 101 Å². The molecule has 1 aliphatic rings. The Balaban J connectivity index is 1.33. The number of sulfonamides is 1. The number of methoxy groups -OCH3 is 1. The third-order valence-corrected chi connectivity index (χ3v) is 8.35. The van der Waals surface area contributed by atoms with Crippen molar-refractivity contribution in [2.75, 3.05) is 38.6 Å². The van der Waals surface area contributed by atoms with Gasteiger partial charge in [-0.25, -0.2) is 8.42 Å². The number of ether oxygens (including phenoxy) is 1. The van der Waals surface area contributed by atoms with E-state index in [9.17, 15) is 13.2 Å². The number of halogens is 2. The lowest BCUT2D eigenvalue weighted by Gasteiger charge is -2.31. The maximum Gasteiger partial charge on any atom is 0.243 e. The zero-order valence-electron chi connectivity index (χ0n) is 19.1. The third kappa shape index (κ3) is 5.81. The van der Waals surface area contributed by atoms with Crippen molar-refractivity contribution in [1.29, 1.82) is 0 Å². The van der Waals surface area contributed by atoms with Gasteiger partial charge in [-0.3, -0.25) is 9.78 Å². The molecule has 0 saturated carbocycles. The molecule has 1 aromatic heterocycles. The average Bonchev–Trinajstić information content (AvgIpc) is 2.86. The summed E-state index contributed by atoms with van der Waals surface area (Å²) < 4.78 is 32.7. The molecule has 35 heavy (non-hydrogen) atoms. The molecular formula is C24H26Cl2N4O4S. The minimum Gasteiger partial charge on any atom is -0.495 e. The Kier molecular flexibility index (Phi) is 8.01. The molecular weight excluding hydrogens is 511 g/mol. The number of hydrogen-bond acceptors (Lipinski definition) is 6. The van der Waals surface area contributed by atoms with Crippen LogP contribution in [0.2, 0.25) is 10.0 Å². The molecule has 4 rings (SSSR count). The van der Waals surface area contributed by atoms with E-state index in [4.69, 9.17) is 27.9 Å². The van der Waals surface area contributed by atoms with Gasteiger partial charge < -0.3 is 15.4 Å². The van der Waals surface area contributed by atoms with Crippen LogP contribution >= 0.6 is 23.2 Å². The summed E-state index contributed by atoms with van der Waals surface area (Å²) in [6.07, 6.45) is 2.93. The molecule has 2 heterocycles. The van der Waals surface area contributed by atoms with Crippen LogP contribution in [0, 0.1) is 5.92 Å². The Bertz CT molecular complexity index is 1340. The molecule has 2 N–H and O–H groups in total. The number of nitrogens with zero attached hydrogens (tertiary/aromatic N) is 2. The Morgan fingerprint density at radius 1 is 1.17 bits per heavy atom. The van der Waals surface area contributed by atoms with E-state index in [0.29, 0.717) is 43.2 Å². The van der Waals surface area contributed by atoms with E-state index in [1.54, 1.807) is 18.3 Å². The number of hydrogen-bond donors (Lipinski definition) is 2. The number of fused-ring (bicyclic) bond motifs is 1. The number of carbonyl (C=O) groups is 1. The predicted molar refractivity (Wildman–Crippen MR) is 138 cm³/mol. The number of anilines is 1. The lowest BCUT2D eigenvalue weighted by Crippen LogP contribution is -2.46. The van der Waals surface area contributed by atoms with Gasteiger partial charge in [-0.1, -0.05) is 23.2 Å². The number of amides is 1.